The molecule has 0 unspecified atom stereocenters. The maximum atomic E-state index is 4.03. The molecule has 160 valence electrons. The van der Waals surface area contributed by atoms with Crippen LogP contribution in [-0.2, 0) is 21.4 Å². The Kier molecular flexibility index (Phi) is 15.7. The minimum absolute atomic E-state index is 0.752. The second kappa shape index (κ2) is 16.4. The molecule has 0 N–H and O–H groups in total. The Labute approximate surface area is 185 Å². The van der Waals surface area contributed by atoms with E-state index < -0.39 is 21.4 Å². The van der Waals surface area contributed by atoms with Gasteiger partial charge in [-0.1, -0.05) is 0 Å². The van der Waals surface area contributed by atoms with E-state index in [4.69, 9.17) is 0 Å². The molecule has 29 heavy (non-hydrogen) atoms. The molecule has 0 saturated heterocycles. The number of hydrogen-bond acceptors (Lipinski definition) is 4. The van der Waals surface area contributed by atoms with Gasteiger partial charge in [-0.25, -0.2) is 0 Å². The first-order valence-electron chi connectivity index (χ1n) is 9.96. The molecule has 0 amide bonds. The SMILES string of the molecule is C=CC[N](CC=C)[Zr]([N](CC=C)CC=C)([N](CC=C)CC=C)[N](CC=C)CC=C. The third-order valence-corrected chi connectivity index (χ3v) is 16.4. The van der Waals surface area contributed by atoms with E-state index in [0.717, 1.165) is 52.4 Å². The van der Waals surface area contributed by atoms with E-state index in [1.165, 1.54) is 0 Å². The zero-order valence-electron chi connectivity index (χ0n) is 18.2. The monoisotopic (exact) mass is 474 g/mol. The van der Waals surface area contributed by atoms with Crippen LogP contribution >= 0.6 is 0 Å². The zero-order valence-corrected chi connectivity index (χ0v) is 20.7. The first kappa shape index (κ1) is 27.6. The van der Waals surface area contributed by atoms with Gasteiger partial charge < -0.3 is 0 Å². The molecule has 0 atom stereocenters. The van der Waals surface area contributed by atoms with Crippen molar-refractivity contribution in [3.05, 3.63) is 101 Å². The number of rotatable bonds is 20. The van der Waals surface area contributed by atoms with Gasteiger partial charge >= 0.3 is 186 Å². The molecule has 0 aromatic heterocycles. The molecular weight excluding hydrogens is 436 g/mol. The summed E-state index contributed by atoms with van der Waals surface area (Å²) >= 11 is -3.77. The van der Waals surface area contributed by atoms with Crippen LogP contribution in [0.25, 0.3) is 0 Å². The summed E-state index contributed by atoms with van der Waals surface area (Å²) in [5.74, 6) is 0. The van der Waals surface area contributed by atoms with Gasteiger partial charge in [-0.05, 0) is 0 Å². The molecule has 0 fully saturated rings. The Hall–Kier alpha value is -1.36. The van der Waals surface area contributed by atoms with Gasteiger partial charge in [0, 0.05) is 0 Å². The van der Waals surface area contributed by atoms with Gasteiger partial charge in [0.15, 0.2) is 0 Å². The van der Waals surface area contributed by atoms with Crippen LogP contribution < -0.4 is 0 Å². The average Bonchev–Trinajstić information content (AvgIpc) is 2.70. The summed E-state index contributed by atoms with van der Waals surface area (Å²) in [6, 6.07) is 0. The van der Waals surface area contributed by atoms with Crippen LogP contribution in [0.5, 0.6) is 0 Å². The summed E-state index contributed by atoms with van der Waals surface area (Å²) in [6.45, 7) is 38.3. The summed E-state index contributed by atoms with van der Waals surface area (Å²) in [7, 11) is 0. The minimum atomic E-state index is -3.77. The maximum absolute atomic E-state index is 4.03. The van der Waals surface area contributed by atoms with Crippen molar-refractivity contribution in [3.8, 4) is 0 Å². The molecule has 0 rings (SSSR count). The van der Waals surface area contributed by atoms with Gasteiger partial charge in [0.05, 0.1) is 0 Å². The van der Waals surface area contributed by atoms with Crippen LogP contribution in [0.2, 0.25) is 0 Å². The molecule has 4 nitrogen and oxygen atoms in total. The fourth-order valence-electron chi connectivity index (χ4n) is 3.72. The third kappa shape index (κ3) is 7.44. The summed E-state index contributed by atoms with van der Waals surface area (Å²) in [5, 5.41) is 0. The van der Waals surface area contributed by atoms with Crippen LogP contribution in [0.3, 0.4) is 0 Å². The van der Waals surface area contributed by atoms with Crippen LogP contribution in [0.4, 0.5) is 0 Å². The van der Waals surface area contributed by atoms with Crippen LogP contribution in [0, 0.1) is 0 Å². The van der Waals surface area contributed by atoms with Crippen molar-refractivity contribution in [1.82, 2.24) is 11.4 Å². The average molecular weight is 476 g/mol. The van der Waals surface area contributed by atoms with Crippen LogP contribution in [0.15, 0.2) is 101 Å². The van der Waals surface area contributed by atoms with E-state index in [1.54, 1.807) is 0 Å². The van der Waals surface area contributed by atoms with Gasteiger partial charge in [-0.15, -0.1) is 0 Å². The predicted molar refractivity (Wildman–Crippen MR) is 128 cm³/mol. The quantitative estimate of drug-likeness (QED) is 0.240. The van der Waals surface area contributed by atoms with E-state index in [0.29, 0.717) is 0 Å². The normalized spacial score (nSPS) is 11.4. The number of hydrogen-bond donors (Lipinski definition) is 0. The van der Waals surface area contributed by atoms with E-state index in [1.807, 2.05) is 48.6 Å². The third-order valence-electron chi connectivity index (χ3n) is 4.49. The van der Waals surface area contributed by atoms with Crippen LogP contribution in [-0.4, -0.2) is 63.7 Å². The molecular formula is C24H40N4Zr. The Morgan fingerprint density at radius 1 is 0.345 bits per heavy atom. The Morgan fingerprint density at radius 3 is 0.586 bits per heavy atom. The zero-order chi connectivity index (χ0) is 22.1. The predicted octanol–water partition coefficient (Wildman–Crippen LogP) is 4.50. The molecule has 0 heterocycles. The first-order chi connectivity index (χ1) is 14.1. The summed E-state index contributed by atoms with van der Waals surface area (Å²) in [5.41, 5.74) is 0. The fraction of sp³-hybridized carbons (Fsp3) is 0.333. The van der Waals surface area contributed by atoms with Gasteiger partial charge in [0.25, 0.3) is 0 Å². The van der Waals surface area contributed by atoms with E-state index in [-0.39, 0.29) is 0 Å². The Morgan fingerprint density at radius 2 is 0.483 bits per heavy atom. The van der Waals surface area contributed by atoms with Crippen molar-refractivity contribution in [1.29, 1.82) is 0 Å². The van der Waals surface area contributed by atoms with E-state index in [9.17, 15) is 0 Å². The van der Waals surface area contributed by atoms with Gasteiger partial charge in [-0.2, -0.15) is 0 Å². The van der Waals surface area contributed by atoms with Gasteiger partial charge in [0.2, 0.25) is 0 Å². The molecule has 0 aromatic rings. The van der Waals surface area contributed by atoms with E-state index >= 15 is 0 Å². The molecule has 0 aliphatic rings. The summed E-state index contributed by atoms with van der Waals surface area (Å²) < 4.78 is 10.2. The Balaban J connectivity index is 7.13. The van der Waals surface area contributed by atoms with Crippen molar-refractivity contribution < 1.29 is 21.4 Å². The van der Waals surface area contributed by atoms with Crippen molar-refractivity contribution in [2.75, 3.05) is 52.4 Å². The van der Waals surface area contributed by atoms with Crippen molar-refractivity contribution >= 4 is 0 Å². The van der Waals surface area contributed by atoms with Crippen molar-refractivity contribution in [2.45, 2.75) is 0 Å². The molecule has 5 heteroatoms. The second-order valence-corrected chi connectivity index (χ2v) is 15.7. The molecule has 0 spiro atoms. The standard InChI is InChI=1S/4C6H10N.Zr/c4*1-3-5-7-6-4-2;/h4*3-4H,1-2,5-6H2;/q4*-1;+4. The first-order valence-corrected chi connectivity index (χ1v) is 14.4. The Bertz CT molecular complexity index is 428. The fourth-order valence-corrected chi connectivity index (χ4v) is 17.0. The molecule has 0 aliphatic heterocycles. The van der Waals surface area contributed by atoms with Gasteiger partial charge in [0.1, 0.15) is 0 Å². The van der Waals surface area contributed by atoms with Crippen molar-refractivity contribution in [3.63, 3.8) is 0 Å². The van der Waals surface area contributed by atoms with Crippen LogP contribution in [0.1, 0.15) is 0 Å². The molecule has 0 radical (unpaired) electrons. The van der Waals surface area contributed by atoms with Crippen molar-refractivity contribution in [2.24, 2.45) is 0 Å². The topological polar surface area (TPSA) is 13.0 Å². The summed E-state index contributed by atoms with van der Waals surface area (Å²) in [4.78, 5) is 0. The number of nitrogens with zero attached hydrogens (tertiary/aromatic N) is 4. The van der Waals surface area contributed by atoms with Gasteiger partial charge in [-0.3, -0.25) is 0 Å². The van der Waals surface area contributed by atoms with E-state index in [2.05, 4.69) is 64.0 Å². The molecule has 0 aliphatic carbocycles. The molecule has 0 aromatic carbocycles. The molecule has 0 bridgehead atoms. The second-order valence-electron chi connectivity index (χ2n) is 6.53. The molecule has 0 saturated carbocycles. The summed E-state index contributed by atoms with van der Waals surface area (Å²) in [6.07, 6.45) is 15.7.